The van der Waals surface area contributed by atoms with E-state index in [4.69, 9.17) is 11.6 Å². The lowest BCUT2D eigenvalue weighted by molar-refractivity contribution is 0.595. The van der Waals surface area contributed by atoms with Crippen molar-refractivity contribution in [3.8, 4) is 0 Å². The fourth-order valence-electron chi connectivity index (χ4n) is 1.86. The van der Waals surface area contributed by atoms with Gasteiger partial charge in [0.05, 0.1) is 0 Å². The quantitative estimate of drug-likeness (QED) is 0.749. The average Bonchev–Trinajstić information content (AvgIpc) is 2.81. The molecule has 0 fully saturated rings. The van der Waals surface area contributed by atoms with Gasteiger partial charge < -0.3 is 4.57 Å². The number of rotatable bonds is 6. The third kappa shape index (κ3) is 3.74. The van der Waals surface area contributed by atoms with Crippen LogP contribution in [0.25, 0.3) is 0 Å². The minimum atomic E-state index is 0.774. The molecule has 0 radical (unpaired) electrons. The van der Waals surface area contributed by atoms with Crippen LogP contribution in [0, 0.1) is 0 Å². The van der Waals surface area contributed by atoms with E-state index in [1.54, 1.807) is 11.8 Å². The van der Waals surface area contributed by atoms with Gasteiger partial charge in [-0.3, -0.25) is 0 Å². The van der Waals surface area contributed by atoms with Crippen LogP contribution >= 0.6 is 23.4 Å². The molecule has 5 heteroatoms. The number of hydrogen-bond acceptors (Lipinski definition) is 3. The molecule has 0 aliphatic carbocycles. The van der Waals surface area contributed by atoms with Crippen LogP contribution in [-0.2, 0) is 18.7 Å². The van der Waals surface area contributed by atoms with Crippen LogP contribution in [0.15, 0.2) is 29.4 Å². The SMILES string of the molecule is CCCn1c(CC)nnc1SCc1ccc(Cl)cc1. The Morgan fingerprint density at radius 3 is 2.53 bits per heavy atom. The van der Waals surface area contributed by atoms with Crippen LogP contribution in [0.5, 0.6) is 0 Å². The number of aromatic nitrogens is 3. The lowest BCUT2D eigenvalue weighted by Crippen LogP contribution is -2.03. The van der Waals surface area contributed by atoms with E-state index in [2.05, 4.69) is 40.7 Å². The molecule has 102 valence electrons. The molecule has 0 saturated heterocycles. The lowest BCUT2D eigenvalue weighted by Gasteiger charge is -2.07. The van der Waals surface area contributed by atoms with Crippen LogP contribution in [0.4, 0.5) is 0 Å². The molecule has 19 heavy (non-hydrogen) atoms. The molecule has 0 N–H and O–H groups in total. The predicted molar refractivity (Wildman–Crippen MR) is 80.7 cm³/mol. The van der Waals surface area contributed by atoms with Gasteiger partial charge >= 0.3 is 0 Å². The van der Waals surface area contributed by atoms with Gasteiger partial charge in [-0.05, 0) is 24.1 Å². The van der Waals surface area contributed by atoms with Crippen LogP contribution in [0.3, 0.4) is 0 Å². The van der Waals surface area contributed by atoms with Gasteiger partial charge in [0.15, 0.2) is 5.16 Å². The molecule has 1 heterocycles. The summed E-state index contributed by atoms with van der Waals surface area (Å²) in [6.07, 6.45) is 2.02. The van der Waals surface area contributed by atoms with E-state index >= 15 is 0 Å². The lowest BCUT2D eigenvalue weighted by atomic mass is 10.2. The highest BCUT2D eigenvalue weighted by Crippen LogP contribution is 2.23. The van der Waals surface area contributed by atoms with Gasteiger partial charge in [0.25, 0.3) is 0 Å². The van der Waals surface area contributed by atoms with Crippen molar-refractivity contribution in [3.05, 3.63) is 40.7 Å². The third-order valence-corrected chi connectivity index (χ3v) is 4.13. The van der Waals surface area contributed by atoms with Crippen molar-refractivity contribution in [2.45, 2.75) is 44.1 Å². The van der Waals surface area contributed by atoms with Crippen molar-refractivity contribution in [1.29, 1.82) is 0 Å². The van der Waals surface area contributed by atoms with E-state index in [0.29, 0.717) is 0 Å². The largest absolute Gasteiger partial charge is 0.306 e. The van der Waals surface area contributed by atoms with Crippen LogP contribution in [-0.4, -0.2) is 14.8 Å². The molecule has 1 aromatic carbocycles. The molecule has 0 aliphatic rings. The summed E-state index contributed by atoms with van der Waals surface area (Å²) in [6, 6.07) is 7.95. The third-order valence-electron chi connectivity index (χ3n) is 2.84. The molecule has 0 saturated carbocycles. The highest BCUT2D eigenvalue weighted by molar-refractivity contribution is 7.98. The van der Waals surface area contributed by atoms with E-state index in [1.807, 2.05) is 12.1 Å². The molecule has 0 spiro atoms. The van der Waals surface area contributed by atoms with E-state index in [-0.39, 0.29) is 0 Å². The van der Waals surface area contributed by atoms with E-state index < -0.39 is 0 Å². The maximum absolute atomic E-state index is 5.88. The molecule has 1 aromatic heterocycles. The van der Waals surface area contributed by atoms with Gasteiger partial charge in [-0.1, -0.05) is 49.3 Å². The Labute approximate surface area is 123 Å². The van der Waals surface area contributed by atoms with Crippen molar-refractivity contribution in [2.24, 2.45) is 0 Å². The summed E-state index contributed by atoms with van der Waals surface area (Å²) < 4.78 is 2.22. The first kappa shape index (κ1) is 14.4. The van der Waals surface area contributed by atoms with Gasteiger partial charge in [-0.25, -0.2) is 0 Å². The first-order valence-corrected chi connectivity index (χ1v) is 7.90. The van der Waals surface area contributed by atoms with Crippen LogP contribution in [0.1, 0.15) is 31.7 Å². The summed E-state index contributed by atoms with van der Waals surface area (Å²) in [5.41, 5.74) is 1.25. The van der Waals surface area contributed by atoms with Gasteiger partial charge in [-0.15, -0.1) is 10.2 Å². The molecule has 2 aromatic rings. The highest BCUT2D eigenvalue weighted by atomic mass is 35.5. The zero-order chi connectivity index (χ0) is 13.7. The van der Waals surface area contributed by atoms with Crippen molar-refractivity contribution < 1.29 is 0 Å². The molecule has 3 nitrogen and oxygen atoms in total. The molecular formula is C14H18ClN3S. The number of nitrogens with zero attached hydrogens (tertiary/aromatic N) is 3. The molecular weight excluding hydrogens is 278 g/mol. The van der Waals surface area contributed by atoms with Crippen molar-refractivity contribution in [1.82, 2.24) is 14.8 Å². The summed E-state index contributed by atoms with van der Waals surface area (Å²) in [4.78, 5) is 0. The number of aryl methyl sites for hydroxylation is 1. The Hall–Kier alpha value is -1.00. The van der Waals surface area contributed by atoms with E-state index in [9.17, 15) is 0 Å². The standard InChI is InChI=1S/C14H18ClN3S/c1-3-9-18-13(4-2)16-17-14(18)19-10-11-5-7-12(15)8-6-11/h5-8H,3-4,9-10H2,1-2H3. The average molecular weight is 296 g/mol. The van der Waals surface area contributed by atoms with Gasteiger partial charge in [0.1, 0.15) is 5.82 Å². The number of benzene rings is 1. The monoisotopic (exact) mass is 295 g/mol. The van der Waals surface area contributed by atoms with E-state index in [1.165, 1.54) is 5.56 Å². The molecule has 0 bridgehead atoms. The summed E-state index contributed by atoms with van der Waals surface area (Å²) in [5, 5.41) is 10.3. The summed E-state index contributed by atoms with van der Waals surface area (Å²) >= 11 is 7.61. The van der Waals surface area contributed by atoms with Gasteiger partial charge in [-0.2, -0.15) is 0 Å². The fraction of sp³-hybridized carbons (Fsp3) is 0.429. The second-order valence-electron chi connectivity index (χ2n) is 4.32. The molecule has 0 unspecified atom stereocenters. The summed E-state index contributed by atoms with van der Waals surface area (Å²) in [6.45, 7) is 5.27. The van der Waals surface area contributed by atoms with Crippen LogP contribution in [0.2, 0.25) is 5.02 Å². The summed E-state index contributed by atoms with van der Waals surface area (Å²) in [5.74, 6) is 1.96. The Balaban J connectivity index is 2.06. The second kappa shape index (κ2) is 6.96. The zero-order valence-corrected chi connectivity index (χ0v) is 12.8. The highest BCUT2D eigenvalue weighted by Gasteiger charge is 2.10. The van der Waals surface area contributed by atoms with Crippen molar-refractivity contribution in [2.75, 3.05) is 0 Å². The van der Waals surface area contributed by atoms with Crippen molar-refractivity contribution in [3.63, 3.8) is 0 Å². The molecule has 0 amide bonds. The molecule has 0 aliphatic heterocycles. The van der Waals surface area contributed by atoms with E-state index in [0.717, 1.165) is 41.1 Å². The number of thioether (sulfide) groups is 1. The topological polar surface area (TPSA) is 30.7 Å². The number of halogens is 1. The Kier molecular flexibility index (Phi) is 5.28. The van der Waals surface area contributed by atoms with Crippen molar-refractivity contribution >= 4 is 23.4 Å². The van der Waals surface area contributed by atoms with Gasteiger partial charge in [0.2, 0.25) is 0 Å². The normalized spacial score (nSPS) is 10.9. The first-order chi connectivity index (χ1) is 9.24. The second-order valence-corrected chi connectivity index (χ2v) is 5.70. The zero-order valence-electron chi connectivity index (χ0n) is 11.3. The maximum Gasteiger partial charge on any atom is 0.191 e. The minimum Gasteiger partial charge on any atom is -0.306 e. The van der Waals surface area contributed by atoms with Gasteiger partial charge in [0, 0.05) is 23.7 Å². The molecule has 2 rings (SSSR count). The Bertz CT molecular complexity index is 522. The Morgan fingerprint density at radius 1 is 1.16 bits per heavy atom. The Morgan fingerprint density at radius 2 is 1.89 bits per heavy atom. The fourth-order valence-corrected chi connectivity index (χ4v) is 2.93. The first-order valence-electron chi connectivity index (χ1n) is 6.54. The smallest absolute Gasteiger partial charge is 0.191 e. The summed E-state index contributed by atoms with van der Waals surface area (Å²) in [7, 11) is 0. The maximum atomic E-state index is 5.88. The van der Waals surface area contributed by atoms with Crippen LogP contribution < -0.4 is 0 Å². The predicted octanol–water partition coefficient (Wildman–Crippen LogP) is 4.20. The molecule has 0 atom stereocenters. The number of hydrogen-bond donors (Lipinski definition) is 0. The minimum absolute atomic E-state index is 0.774.